The first-order valence-electron chi connectivity index (χ1n) is 5.04. The first-order valence-corrected chi connectivity index (χ1v) is 5.04. The van der Waals surface area contributed by atoms with Crippen molar-refractivity contribution in [2.24, 2.45) is 0 Å². The van der Waals surface area contributed by atoms with Gasteiger partial charge in [0.2, 0.25) is 0 Å². The number of nitrogens with zero attached hydrogens (tertiary/aromatic N) is 1. The van der Waals surface area contributed by atoms with E-state index in [4.69, 9.17) is 0 Å². The van der Waals surface area contributed by atoms with Gasteiger partial charge in [-0.15, -0.1) is 0 Å². The van der Waals surface area contributed by atoms with Gasteiger partial charge in [-0.25, -0.2) is 0 Å². The molecule has 1 aromatic rings. The summed E-state index contributed by atoms with van der Waals surface area (Å²) in [5, 5.41) is 9.36. The number of carboxylic acid groups (broad SMARTS) is 1. The van der Waals surface area contributed by atoms with Crippen molar-refractivity contribution in [2.45, 2.75) is 18.4 Å². The zero-order valence-electron chi connectivity index (χ0n) is 9.03. The molecule has 0 spiro atoms. The third-order valence-electron chi connectivity index (χ3n) is 3.34. The highest BCUT2D eigenvalue weighted by Crippen LogP contribution is 2.33. The maximum atomic E-state index is 11.4. The van der Waals surface area contributed by atoms with E-state index in [-0.39, 0.29) is 0 Å². The molecule has 1 N–H and O–H groups in total. The van der Waals surface area contributed by atoms with Crippen molar-refractivity contribution in [3.8, 4) is 0 Å². The molecule has 0 fully saturated rings. The average Bonchev–Trinajstić information content (AvgIpc) is 2.57. The van der Waals surface area contributed by atoms with E-state index in [1.54, 1.807) is 0 Å². The van der Waals surface area contributed by atoms with E-state index in [0.717, 1.165) is 11.1 Å². The summed E-state index contributed by atoms with van der Waals surface area (Å²) >= 11 is 0. The van der Waals surface area contributed by atoms with Crippen molar-refractivity contribution in [2.75, 3.05) is 14.1 Å². The maximum Gasteiger partial charge on any atom is 0.324 e. The quantitative estimate of drug-likeness (QED) is 0.788. The Bertz CT molecular complexity index is 373. The Morgan fingerprint density at radius 2 is 1.73 bits per heavy atom. The van der Waals surface area contributed by atoms with Gasteiger partial charge in [0, 0.05) is 12.8 Å². The van der Waals surface area contributed by atoms with Gasteiger partial charge in [0.25, 0.3) is 0 Å². The molecular weight excluding hydrogens is 190 g/mol. The standard InChI is InChI=1S/C12H15NO2/c1-13(2)12(11(14)15)7-9-5-3-4-6-10(9)8-12/h3-6H,7-8H2,1-2H3,(H,14,15). The fourth-order valence-corrected chi connectivity index (χ4v) is 2.25. The molecule has 0 unspecified atom stereocenters. The fourth-order valence-electron chi connectivity index (χ4n) is 2.25. The van der Waals surface area contributed by atoms with Gasteiger partial charge in [-0.2, -0.15) is 0 Å². The minimum absolute atomic E-state index is 0.603. The Labute approximate surface area is 89.3 Å². The van der Waals surface area contributed by atoms with E-state index in [0.29, 0.717) is 12.8 Å². The van der Waals surface area contributed by atoms with E-state index >= 15 is 0 Å². The lowest BCUT2D eigenvalue weighted by molar-refractivity contribution is -0.149. The molecule has 0 saturated carbocycles. The van der Waals surface area contributed by atoms with Gasteiger partial charge in [-0.3, -0.25) is 9.69 Å². The lowest BCUT2D eigenvalue weighted by Gasteiger charge is -2.31. The van der Waals surface area contributed by atoms with E-state index in [1.807, 2.05) is 43.3 Å². The Morgan fingerprint density at radius 1 is 1.27 bits per heavy atom. The smallest absolute Gasteiger partial charge is 0.324 e. The molecule has 3 heteroatoms. The van der Waals surface area contributed by atoms with Crippen LogP contribution in [-0.2, 0) is 17.6 Å². The highest BCUT2D eigenvalue weighted by Gasteiger charge is 2.45. The third-order valence-corrected chi connectivity index (χ3v) is 3.34. The molecule has 0 aromatic heterocycles. The van der Waals surface area contributed by atoms with E-state index in [2.05, 4.69) is 0 Å². The van der Waals surface area contributed by atoms with Crippen molar-refractivity contribution in [1.29, 1.82) is 0 Å². The largest absolute Gasteiger partial charge is 0.480 e. The lowest BCUT2D eigenvalue weighted by atomic mass is 9.94. The number of benzene rings is 1. The van der Waals surface area contributed by atoms with Crippen LogP contribution in [0.2, 0.25) is 0 Å². The molecule has 0 heterocycles. The SMILES string of the molecule is CN(C)C1(C(=O)O)Cc2ccccc2C1. The van der Waals surface area contributed by atoms with Crippen molar-refractivity contribution >= 4 is 5.97 Å². The molecular formula is C12H15NO2. The minimum Gasteiger partial charge on any atom is -0.480 e. The zero-order valence-corrected chi connectivity index (χ0v) is 9.03. The predicted molar refractivity (Wildman–Crippen MR) is 57.9 cm³/mol. The van der Waals surface area contributed by atoms with Crippen LogP contribution < -0.4 is 0 Å². The first kappa shape index (κ1) is 10.2. The van der Waals surface area contributed by atoms with Crippen LogP contribution in [0.5, 0.6) is 0 Å². The van der Waals surface area contributed by atoms with Crippen LogP contribution in [0.1, 0.15) is 11.1 Å². The van der Waals surface area contributed by atoms with Gasteiger partial charge in [0.1, 0.15) is 5.54 Å². The summed E-state index contributed by atoms with van der Waals surface area (Å²) in [4.78, 5) is 13.2. The summed E-state index contributed by atoms with van der Waals surface area (Å²) in [5.41, 5.74) is 1.58. The summed E-state index contributed by atoms with van der Waals surface area (Å²) in [7, 11) is 3.67. The number of hydrogen-bond acceptors (Lipinski definition) is 2. The average molecular weight is 205 g/mol. The molecule has 80 valence electrons. The molecule has 0 bridgehead atoms. The van der Waals surface area contributed by atoms with Crippen LogP contribution in [0.25, 0.3) is 0 Å². The van der Waals surface area contributed by atoms with Crippen molar-refractivity contribution in [3.05, 3.63) is 35.4 Å². The van der Waals surface area contributed by atoms with Crippen molar-refractivity contribution < 1.29 is 9.90 Å². The number of carbonyl (C=O) groups is 1. The maximum absolute atomic E-state index is 11.4. The van der Waals surface area contributed by atoms with E-state index in [9.17, 15) is 9.90 Å². The molecule has 2 rings (SSSR count). The topological polar surface area (TPSA) is 40.5 Å². The van der Waals surface area contributed by atoms with Gasteiger partial charge in [0.15, 0.2) is 0 Å². The Kier molecular flexibility index (Phi) is 2.27. The highest BCUT2D eigenvalue weighted by atomic mass is 16.4. The number of hydrogen-bond donors (Lipinski definition) is 1. The Balaban J connectivity index is 2.41. The van der Waals surface area contributed by atoms with Gasteiger partial charge < -0.3 is 5.11 Å². The molecule has 0 amide bonds. The Hall–Kier alpha value is -1.35. The van der Waals surface area contributed by atoms with Gasteiger partial charge in [0.05, 0.1) is 0 Å². The number of fused-ring (bicyclic) bond motifs is 1. The Morgan fingerprint density at radius 3 is 2.07 bits per heavy atom. The summed E-state index contributed by atoms with van der Waals surface area (Å²) in [6, 6.07) is 7.96. The van der Waals surface area contributed by atoms with Crippen LogP contribution in [0.3, 0.4) is 0 Å². The molecule has 0 saturated heterocycles. The summed E-state index contributed by atoms with van der Waals surface area (Å²) < 4.78 is 0. The number of carboxylic acids is 1. The lowest BCUT2D eigenvalue weighted by Crippen LogP contribution is -2.52. The van der Waals surface area contributed by atoms with Crippen LogP contribution in [0, 0.1) is 0 Å². The molecule has 1 aromatic carbocycles. The van der Waals surface area contributed by atoms with Crippen LogP contribution in [-0.4, -0.2) is 35.6 Å². The van der Waals surface area contributed by atoms with E-state index < -0.39 is 11.5 Å². The van der Waals surface area contributed by atoms with Gasteiger partial charge >= 0.3 is 5.97 Å². The monoisotopic (exact) mass is 205 g/mol. The first-order chi connectivity index (χ1) is 7.06. The summed E-state index contributed by atoms with van der Waals surface area (Å²) in [6.07, 6.45) is 1.21. The van der Waals surface area contributed by atoms with Crippen molar-refractivity contribution in [3.63, 3.8) is 0 Å². The molecule has 1 aliphatic carbocycles. The fraction of sp³-hybridized carbons (Fsp3) is 0.417. The van der Waals surface area contributed by atoms with Crippen LogP contribution in [0.4, 0.5) is 0 Å². The second-order valence-electron chi connectivity index (χ2n) is 4.35. The zero-order chi connectivity index (χ0) is 11.1. The molecule has 1 aliphatic rings. The van der Waals surface area contributed by atoms with Crippen LogP contribution >= 0.6 is 0 Å². The number of likely N-dealkylation sites (N-methyl/N-ethyl adjacent to an activating group) is 1. The highest BCUT2D eigenvalue weighted by molar-refractivity contribution is 5.81. The molecule has 0 aliphatic heterocycles. The number of rotatable bonds is 2. The second kappa shape index (κ2) is 3.35. The van der Waals surface area contributed by atoms with Gasteiger partial charge in [-0.05, 0) is 25.2 Å². The predicted octanol–water partition coefficient (Wildman–Crippen LogP) is 1.17. The molecule has 0 atom stereocenters. The van der Waals surface area contributed by atoms with Gasteiger partial charge in [-0.1, -0.05) is 24.3 Å². The summed E-state index contributed by atoms with van der Waals surface area (Å²) in [5.74, 6) is -0.733. The molecule has 0 radical (unpaired) electrons. The van der Waals surface area contributed by atoms with Crippen LogP contribution in [0.15, 0.2) is 24.3 Å². The normalized spacial score (nSPS) is 17.8. The third kappa shape index (κ3) is 1.43. The minimum atomic E-state index is -0.746. The molecule has 3 nitrogen and oxygen atoms in total. The second-order valence-corrected chi connectivity index (χ2v) is 4.35. The van der Waals surface area contributed by atoms with Crippen molar-refractivity contribution in [1.82, 2.24) is 4.90 Å². The van der Waals surface area contributed by atoms with E-state index in [1.165, 1.54) is 0 Å². The number of aliphatic carboxylic acids is 1. The molecule has 15 heavy (non-hydrogen) atoms. The summed E-state index contributed by atoms with van der Waals surface area (Å²) in [6.45, 7) is 0.